The maximum atomic E-state index is 5.40. The minimum absolute atomic E-state index is 0.376. The highest BCUT2D eigenvalue weighted by molar-refractivity contribution is 5.83. The predicted octanol–water partition coefficient (Wildman–Crippen LogP) is 2.24. The van der Waals surface area contributed by atoms with Crippen molar-refractivity contribution in [1.29, 1.82) is 0 Å². The maximum absolute atomic E-state index is 5.40. The van der Waals surface area contributed by atoms with E-state index in [1.54, 1.807) is 39.8 Å². The third-order valence-corrected chi connectivity index (χ3v) is 3.59. The van der Waals surface area contributed by atoms with Crippen molar-refractivity contribution in [1.82, 2.24) is 19.9 Å². The zero-order chi connectivity index (χ0) is 18.4. The van der Waals surface area contributed by atoms with Gasteiger partial charge in [0.15, 0.2) is 17.0 Å². The average Bonchev–Trinajstić information content (AvgIpc) is 2.68. The molecule has 1 aromatic carbocycles. The highest BCUT2D eigenvalue weighted by Gasteiger charge is 2.12. The zero-order valence-corrected chi connectivity index (χ0v) is 14.8. The first-order valence-corrected chi connectivity index (χ1v) is 7.95. The molecule has 0 fully saturated rings. The lowest BCUT2D eigenvalue weighted by molar-refractivity contribution is 0.210. The van der Waals surface area contributed by atoms with Crippen LogP contribution in [0.5, 0.6) is 11.5 Å². The summed E-state index contributed by atoms with van der Waals surface area (Å²) < 4.78 is 15.7. The molecule has 9 heteroatoms. The Labute approximate surface area is 150 Å². The lowest BCUT2D eigenvalue weighted by Crippen LogP contribution is -2.11. The number of rotatable bonds is 8. The van der Waals surface area contributed by atoms with Gasteiger partial charge in [-0.15, -0.1) is 0 Å². The molecule has 3 aromatic rings. The number of nitrogens with one attached hydrogen (secondary N) is 2. The molecule has 0 bridgehead atoms. The molecule has 0 atom stereocenters. The molecule has 0 amide bonds. The van der Waals surface area contributed by atoms with Crippen LogP contribution in [0, 0.1) is 0 Å². The van der Waals surface area contributed by atoms with Gasteiger partial charge in [-0.25, -0.2) is 9.97 Å². The quantitative estimate of drug-likeness (QED) is 0.588. The fraction of sp³-hybridized carbons (Fsp3) is 0.294. The summed E-state index contributed by atoms with van der Waals surface area (Å²) in [5.41, 5.74) is 1.78. The van der Waals surface area contributed by atoms with Crippen LogP contribution in [0.4, 0.5) is 17.5 Å². The fourth-order valence-corrected chi connectivity index (χ4v) is 2.34. The number of fused-ring (bicyclic) bond motifs is 1. The van der Waals surface area contributed by atoms with E-state index >= 15 is 0 Å². The zero-order valence-electron chi connectivity index (χ0n) is 14.8. The van der Waals surface area contributed by atoms with Crippen LogP contribution in [-0.2, 0) is 4.74 Å². The van der Waals surface area contributed by atoms with Crippen LogP contribution >= 0.6 is 0 Å². The average molecular weight is 356 g/mol. The minimum atomic E-state index is 0.376. The second-order valence-electron chi connectivity index (χ2n) is 5.24. The van der Waals surface area contributed by atoms with Gasteiger partial charge in [-0.05, 0) is 12.1 Å². The second kappa shape index (κ2) is 8.26. The number of nitrogens with zero attached hydrogens (tertiary/aromatic N) is 4. The number of benzene rings is 1. The molecule has 136 valence electrons. The van der Waals surface area contributed by atoms with Crippen molar-refractivity contribution in [2.75, 3.05) is 45.1 Å². The van der Waals surface area contributed by atoms with E-state index in [1.165, 1.54) is 0 Å². The maximum Gasteiger partial charge on any atom is 0.231 e. The Bertz CT molecular complexity index is 890. The third kappa shape index (κ3) is 3.89. The lowest BCUT2D eigenvalue weighted by atomic mass is 10.2. The van der Waals surface area contributed by atoms with Crippen molar-refractivity contribution < 1.29 is 14.2 Å². The van der Waals surface area contributed by atoms with E-state index in [-0.39, 0.29) is 0 Å². The normalized spacial score (nSPS) is 10.6. The van der Waals surface area contributed by atoms with Gasteiger partial charge in [0.2, 0.25) is 5.95 Å². The summed E-state index contributed by atoms with van der Waals surface area (Å²) >= 11 is 0. The molecule has 2 N–H and O–H groups in total. The summed E-state index contributed by atoms with van der Waals surface area (Å²) in [6.45, 7) is 1.13. The van der Waals surface area contributed by atoms with Crippen LogP contribution in [0.2, 0.25) is 0 Å². The van der Waals surface area contributed by atoms with E-state index in [1.807, 2.05) is 12.1 Å². The largest absolute Gasteiger partial charge is 0.497 e. The number of methoxy groups -OCH3 is 3. The molecule has 0 aliphatic heterocycles. The van der Waals surface area contributed by atoms with Gasteiger partial charge in [-0.3, -0.25) is 0 Å². The summed E-state index contributed by atoms with van der Waals surface area (Å²) in [5.74, 6) is 2.26. The van der Waals surface area contributed by atoms with Crippen LogP contribution in [-0.4, -0.2) is 54.4 Å². The SMILES string of the molecule is COCCNc1nc(Nc2ccc(OC)cc2OC)nc2nccnc12. The van der Waals surface area contributed by atoms with Gasteiger partial charge in [0.1, 0.15) is 11.5 Å². The number of hydrogen-bond acceptors (Lipinski definition) is 9. The molecule has 0 unspecified atom stereocenters. The predicted molar refractivity (Wildman–Crippen MR) is 98.3 cm³/mol. The summed E-state index contributed by atoms with van der Waals surface area (Å²) in [5, 5.41) is 6.35. The number of ether oxygens (including phenoxy) is 3. The monoisotopic (exact) mass is 356 g/mol. The molecule has 0 aliphatic rings. The fourth-order valence-electron chi connectivity index (χ4n) is 2.34. The molecule has 0 saturated heterocycles. The summed E-state index contributed by atoms with van der Waals surface area (Å²) in [7, 11) is 4.83. The Hall–Kier alpha value is -3.20. The minimum Gasteiger partial charge on any atom is -0.497 e. The van der Waals surface area contributed by atoms with Crippen LogP contribution in [0.15, 0.2) is 30.6 Å². The highest BCUT2D eigenvalue weighted by Crippen LogP contribution is 2.31. The van der Waals surface area contributed by atoms with Gasteiger partial charge >= 0.3 is 0 Å². The van der Waals surface area contributed by atoms with Crippen molar-refractivity contribution in [2.24, 2.45) is 0 Å². The summed E-state index contributed by atoms with van der Waals surface area (Å²) in [4.78, 5) is 17.5. The third-order valence-electron chi connectivity index (χ3n) is 3.59. The van der Waals surface area contributed by atoms with E-state index in [9.17, 15) is 0 Å². The molecule has 26 heavy (non-hydrogen) atoms. The molecule has 0 radical (unpaired) electrons. The van der Waals surface area contributed by atoms with Gasteiger partial charge in [0.25, 0.3) is 0 Å². The van der Waals surface area contributed by atoms with Crippen LogP contribution in [0.3, 0.4) is 0 Å². The molecule has 0 aliphatic carbocycles. The number of anilines is 3. The first kappa shape index (κ1) is 17.6. The van der Waals surface area contributed by atoms with Crippen molar-refractivity contribution in [3.63, 3.8) is 0 Å². The smallest absolute Gasteiger partial charge is 0.231 e. The molecule has 2 aromatic heterocycles. The molecule has 3 rings (SSSR count). The van der Waals surface area contributed by atoms with Gasteiger partial charge in [0, 0.05) is 32.1 Å². The van der Waals surface area contributed by atoms with Crippen molar-refractivity contribution in [2.45, 2.75) is 0 Å². The number of aromatic nitrogens is 4. The summed E-state index contributed by atoms with van der Waals surface area (Å²) in [6, 6.07) is 5.43. The molecular weight excluding hydrogens is 336 g/mol. The molecule has 0 spiro atoms. The van der Waals surface area contributed by atoms with Gasteiger partial charge in [-0.2, -0.15) is 9.97 Å². The first-order valence-electron chi connectivity index (χ1n) is 7.95. The Balaban J connectivity index is 1.95. The van der Waals surface area contributed by atoms with Crippen molar-refractivity contribution >= 4 is 28.6 Å². The van der Waals surface area contributed by atoms with Crippen LogP contribution < -0.4 is 20.1 Å². The Morgan fingerprint density at radius 2 is 1.85 bits per heavy atom. The lowest BCUT2D eigenvalue weighted by Gasteiger charge is -2.13. The van der Waals surface area contributed by atoms with Crippen molar-refractivity contribution in [3.05, 3.63) is 30.6 Å². The van der Waals surface area contributed by atoms with E-state index in [0.717, 1.165) is 0 Å². The van der Waals surface area contributed by atoms with Crippen LogP contribution in [0.1, 0.15) is 0 Å². The standard InChI is InChI=1S/C17H20N6O3/c1-24-9-8-20-16-14-15(19-7-6-18-14)22-17(23-16)21-12-5-4-11(25-2)10-13(12)26-3/h4-7,10H,8-9H2,1-3H3,(H2,19,20,21,22,23). The van der Waals surface area contributed by atoms with Crippen molar-refractivity contribution in [3.8, 4) is 11.5 Å². The molecule has 2 heterocycles. The first-order chi connectivity index (χ1) is 12.7. The topological polar surface area (TPSA) is 103 Å². The van der Waals surface area contributed by atoms with Gasteiger partial charge in [-0.1, -0.05) is 0 Å². The molecular formula is C17H20N6O3. The highest BCUT2D eigenvalue weighted by atomic mass is 16.5. The van der Waals surface area contributed by atoms with E-state index in [0.29, 0.717) is 53.3 Å². The Kier molecular flexibility index (Phi) is 5.59. The molecule has 0 saturated carbocycles. The second-order valence-corrected chi connectivity index (χ2v) is 5.24. The van der Waals surface area contributed by atoms with E-state index in [4.69, 9.17) is 14.2 Å². The number of hydrogen-bond donors (Lipinski definition) is 2. The van der Waals surface area contributed by atoms with Crippen LogP contribution in [0.25, 0.3) is 11.2 Å². The molecule has 9 nitrogen and oxygen atoms in total. The Morgan fingerprint density at radius 1 is 1.00 bits per heavy atom. The Morgan fingerprint density at radius 3 is 2.62 bits per heavy atom. The van der Waals surface area contributed by atoms with E-state index in [2.05, 4.69) is 30.6 Å². The summed E-state index contributed by atoms with van der Waals surface area (Å²) in [6.07, 6.45) is 3.19. The van der Waals surface area contributed by atoms with Gasteiger partial charge < -0.3 is 24.8 Å². The van der Waals surface area contributed by atoms with E-state index < -0.39 is 0 Å². The van der Waals surface area contributed by atoms with Gasteiger partial charge in [0.05, 0.1) is 26.5 Å².